The number of nitrogens with zero attached hydrogens (tertiary/aromatic N) is 1. The van der Waals surface area contributed by atoms with Crippen molar-refractivity contribution in [1.82, 2.24) is 4.90 Å². The van der Waals surface area contributed by atoms with Crippen LogP contribution in [0.1, 0.15) is 65.7 Å². The monoisotopic (exact) mass is 254 g/mol. The van der Waals surface area contributed by atoms with E-state index >= 15 is 0 Å². The Balaban J connectivity index is 2.54. The van der Waals surface area contributed by atoms with Gasteiger partial charge in [-0.2, -0.15) is 0 Å². The Bertz CT molecular complexity index is 217. The summed E-state index contributed by atoms with van der Waals surface area (Å²) in [5.74, 6) is 0.783. The predicted octanol–water partition coefficient (Wildman–Crippen LogP) is 3.65. The van der Waals surface area contributed by atoms with E-state index in [4.69, 9.17) is 5.73 Å². The molecule has 2 heteroatoms. The van der Waals surface area contributed by atoms with Crippen molar-refractivity contribution in [2.45, 2.75) is 71.8 Å². The molecule has 1 fully saturated rings. The molecule has 0 spiro atoms. The van der Waals surface area contributed by atoms with E-state index in [1.807, 2.05) is 0 Å². The first-order chi connectivity index (χ1) is 8.49. The molecule has 0 aromatic rings. The molecule has 0 bridgehead atoms. The summed E-state index contributed by atoms with van der Waals surface area (Å²) >= 11 is 0. The van der Waals surface area contributed by atoms with Gasteiger partial charge in [0, 0.05) is 12.6 Å². The van der Waals surface area contributed by atoms with Gasteiger partial charge in [-0.25, -0.2) is 0 Å². The molecule has 2 N–H and O–H groups in total. The SMILES string of the molecule is CC(C)CC(C)N(C)CC1(CN)CCCCCC1. The van der Waals surface area contributed by atoms with Crippen LogP contribution < -0.4 is 5.73 Å². The molecule has 2 nitrogen and oxygen atoms in total. The summed E-state index contributed by atoms with van der Waals surface area (Å²) in [5, 5.41) is 0. The van der Waals surface area contributed by atoms with E-state index in [0.29, 0.717) is 11.5 Å². The van der Waals surface area contributed by atoms with Crippen LogP contribution in [0.3, 0.4) is 0 Å². The fourth-order valence-corrected chi connectivity index (χ4v) is 3.45. The number of hydrogen-bond donors (Lipinski definition) is 1. The van der Waals surface area contributed by atoms with Crippen LogP contribution in [0, 0.1) is 11.3 Å². The quantitative estimate of drug-likeness (QED) is 0.733. The number of hydrogen-bond acceptors (Lipinski definition) is 2. The lowest BCUT2D eigenvalue weighted by Gasteiger charge is -2.38. The van der Waals surface area contributed by atoms with Crippen molar-refractivity contribution in [1.29, 1.82) is 0 Å². The minimum Gasteiger partial charge on any atom is -0.330 e. The van der Waals surface area contributed by atoms with Gasteiger partial charge in [-0.05, 0) is 51.1 Å². The van der Waals surface area contributed by atoms with Crippen molar-refractivity contribution in [2.75, 3.05) is 20.1 Å². The highest BCUT2D eigenvalue weighted by Gasteiger charge is 2.31. The van der Waals surface area contributed by atoms with Crippen molar-refractivity contribution in [3.63, 3.8) is 0 Å². The fraction of sp³-hybridized carbons (Fsp3) is 1.00. The van der Waals surface area contributed by atoms with Gasteiger partial charge >= 0.3 is 0 Å². The van der Waals surface area contributed by atoms with Crippen molar-refractivity contribution in [2.24, 2.45) is 17.1 Å². The lowest BCUT2D eigenvalue weighted by atomic mass is 9.79. The minimum atomic E-state index is 0.399. The highest BCUT2D eigenvalue weighted by Crippen LogP contribution is 2.35. The summed E-state index contributed by atoms with van der Waals surface area (Å²) in [6, 6.07) is 0.677. The maximum Gasteiger partial charge on any atom is 0.00665 e. The van der Waals surface area contributed by atoms with Gasteiger partial charge in [0.1, 0.15) is 0 Å². The lowest BCUT2D eigenvalue weighted by Crippen LogP contribution is -2.44. The lowest BCUT2D eigenvalue weighted by molar-refractivity contribution is 0.120. The Labute approximate surface area is 114 Å². The van der Waals surface area contributed by atoms with Crippen LogP contribution in [0.4, 0.5) is 0 Å². The van der Waals surface area contributed by atoms with Crippen molar-refractivity contribution in [3.05, 3.63) is 0 Å². The molecule has 0 aromatic carbocycles. The molecular formula is C16H34N2. The van der Waals surface area contributed by atoms with E-state index in [1.54, 1.807) is 0 Å². The maximum atomic E-state index is 6.13. The molecule has 0 aromatic heterocycles. The van der Waals surface area contributed by atoms with Gasteiger partial charge in [0.15, 0.2) is 0 Å². The summed E-state index contributed by atoms with van der Waals surface area (Å²) in [5.41, 5.74) is 6.53. The molecule has 1 saturated carbocycles. The molecule has 1 rings (SSSR count). The third-order valence-electron chi connectivity index (χ3n) is 4.75. The molecule has 0 radical (unpaired) electrons. The zero-order valence-electron chi connectivity index (χ0n) is 13.0. The summed E-state index contributed by atoms with van der Waals surface area (Å²) in [6.07, 6.45) is 9.54. The van der Waals surface area contributed by atoms with Crippen LogP contribution in [-0.2, 0) is 0 Å². The fourth-order valence-electron chi connectivity index (χ4n) is 3.45. The predicted molar refractivity (Wildman–Crippen MR) is 80.7 cm³/mol. The van der Waals surface area contributed by atoms with Crippen LogP contribution in [0.2, 0.25) is 0 Å². The van der Waals surface area contributed by atoms with Gasteiger partial charge < -0.3 is 10.6 Å². The van der Waals surface area contributed by atoms with Gasteiger partial charge in [0.05, 0.1) is 0 Å². The van der Waals surface area contributed by atoms with Crippen LogP contribution in [0.5, 0.6) is 0 Å². The zero-order chi connectivity index (χ0) is 13.6. The first-order valence-electron chi connectivity index (χ1n) is 7.89. The summed E-state index contributed by atoms with van der Waals surface area (Å²) < 4.78 is 0. The average molecular weight is 254 g/mol. The topological polar surface area (TPSA) is 29.3 Å². The van der Waals surface area contributed by atoms with Crippen molar-refractivity contribution >= 4 is 0 Å². The number of nitrogens with two attached hydrogens (primary N) is 1. The zero-order valence-corrected chi connectivity index (χ0v) is 13.0. The first-order valence-corrected chi connectivity index (χ1v) is 7.89. The normalized spacial score (nSPS) is 22.2. The second kappa shape index (κ2) is 7.49. The van der Waals surface area contributed by atoms with Crippen LogP contribution in [0.15, 0.2) is 0 Å². The third-order valence-corrected chi connectivity index (χ3v) is 4.75. The minimum absolute atomic E-state index is 0.399. The molecule has 1 unspecified atom stereocenters. The van der Waals surface area contributed by atoms with E-state index in [-0.39, 0.29) is 0 Å². The third kappa shape index (κ3) is 4.89. The van der Waals surface area contributed by atoms with Crippen LogP contribution in [-0.4, -0.2) is 31.1 Å². The molecule has 0 saturated heterocycles. The molecular weight excluding hydrogens is 220 g/mol. The Hall–Kier alpha value is -0.0800. The molecule has 0 amide bonds. The van der Waals surface area contributed by atoms with E-state index in [2.05, 4.69) is 32.7 Å². The van der Waals surface area contributed by atoms with Gasteiger partial charge in [-0.1, -0.05) is 39.5 Å². The number of rotatable bonds is 6. The average Bonchev–Trinajstić information content (AvgIpc) is 2.54. The molecule has 1 aliphatic carbocycles. The van der Waals surface area contributed by atoms with E-state index in [9.17, 15) is 0 Å². The second-order valence-corrected chi connectivity index (χ2v) is 7.01. The van der Waals surface area contributed by atoms with Crippen molar-refractivity contribution in [3.8, 4) is 0 Å². The highest BCUT2D eigenvalue weighted by atomic mass is 15.1. The molecule has 1 atom stereocenters. The van der Waals surface area contributed by atoms with Gasteiger partial charge in [-0.15, -0.1) is 0 Å². The Kier molecular flexibility index (Phi) is 6.65. The maximum absolute atomic E-state index is 6.13. The summed E-state index contributed by atoms with van der Waals surface area (Å²) in [4.78, 5) is 2.55. The molecule has 1 aliphatic rings. The van der Waals surface area contributed by atoms with Gasteiger partial charge in [0.2, 0.25) is 0 Å². The molecule has 108 valence electrons. The van der Waals surface area contributed by atoms with Gasteiger partial charge in [0.25, 0.3) is 0 Å². The van der Waals surface area contributed by atoms with Crippen molar-refractivity contribution < 1.29 is 0 Å². The summed E-state index contributed by atoms with van der Waals surface area (Å²) in [6.45, 7) is 9.05. The van der Waals surface area contributed by atoms with Crippen LogP contribution in [0.25, 0.3) is 0 Å². The Morgan fingerprint density at radius 3 is 2.06 bits per heavy atom. The van der Waals surface area contributed by atoms with E-state index in [1.165, 1.54) is 51.5 Å². The second-order valence-electron chi connectivity index (χ2n) is 7.01. The highest BCUT2D eigenvalue weighted by molar-refractivity contribution is 4.86. The molecule has 18 heavy (non-hydrogen) atoms. The molecule has 0 heterocycles. The van der Waals surface area contributed by atoms with E-state index < -0.39 is 0 Å². The Morgan fingerprint density at radius 2 is 1.61 bits per heavy atom. The first kappa shape index (κ1) is 16.0. The smallest absolute Gasteiger partial charge is 0.00665 e. The molecule has 0 aliphatic heterocycles. The van der Waals surface area contributed by atoms with Gasteiger partial charge in [-0.3, -0.25) is 0 Å². The summed E-state index contributed by atoms with van der Waals surface area (Å²) in [7, 11) is 2.29. The van der Waals surface area contributed by atoms with E-state index in [0.717, 1.165) is 12.5 Å². The Morgan fingerprint density at radius 1 is 1.06 bits per heavy atom. The van der Waals surface area contributed by atoms with Crippen LogP contribution >= 0.6 is 0 Å². The standard InChI is InChI=1S/C16H34N2/c1-14(2)11-15(3)18(4)13-16(12-17)9-7-5-6-8-10-16/h14-15H,5-13,17H2,1-4H3. The largest absolute Gasteiger partial charge is 0.330 e.